The first-order valence-electron chi connectivity index (χ1n) is 22.2. The molecule has 0 aromatic heterocycles. The summed E-state index contributed by atoms with van der Waals surface area (Å²) in [5, 5.41) is 60.4. The molecule has 0 spiro atoms. The average Bonchev–Trinajstić information content (AvgIpc) is 3.15. The van der Waals surface area contributed by atoms with Crippen LogP contribution in [0, 0.1) is 0 Å². The Morgan fingerprint density at radius 2 is 1.00 bits per heavy atom. The van der Waals surface area contributed by atoms with E-state index in [1.807, 2.05) is 21.1 Å². The van der Waals surface area contributed by atoms with Crippen molar-refractivity contribution >= 4 is 19.8 Å². The Hall–Kier alpha value is -1.23. The van der Waals surface area contributed by atoms with E-state index in [1.165, 1.54) is 57.8 Å². The summed E-state index contributed by atoms with van der Waals surface area (Å²) in [6, 6.07) is 0. The Bertz CT molecular complexity index is 1060. The van der Waals surface area contributed by atoms with Crippen LogP contribution in [0.25, 0.3) is 0 Å². The van der Waals surface area contributed by atoms with Gasteiger partial charge in [-0.25, -0.2) is 0 Å². The second-order valence-corrected chi connectivity index (χ2v) is 18.4. The Kier molecular flexibility index (Phi) is 33.6. The number of unbranched alkanes of at least 4 members (excludes halogenated alkanes) is 16. The van der Waals surface area contributed by atoms with E-state index in [2.05, 4.69) is 6.92 Å². The Morgan fingerprint density at radius 1 is 0.569 bits per heavy atom. The third-order valence-electron chi connectivity index (χ3n) is 10.2. The maximum Gasteiger partial charge on any atom is 0.306 e. The van der Waals surface area contributed by atoms with Gasteiger partial charge in [0.15, 0.2) is 6.10 Å². The number of quaternary nitrogens is 1. The summed E-state index contributed by atoms with van der Waals surface area (Å²) in [5.74, 6) is -1.05. The van der Waals surface area contributed by atoms with Crippen molar-refractivity contribution in [2.24, 2.45) is 0 Å². The van der Waals surface area contributed by atoms with E-state index in [0.717, 1.165) is 25.7 Å². The normalized spacial score (nSPS) is 16.8. The molecule has 0 bridgehead atoms. The van der Waals surface area contributed by atoms with Gasteiger partial charge in [-0.15, -0.1) is 0 Å². The van der Waals surface area contributed by atoms with E-state index < -0.39 is 69.1 Å². The number of aliphatic hydroxyl groups is 6. The molecule has 7 unspecified atom stereocenters. The Morgan fingerprint density at radius 3 is 1.48 bits per heavy atom. The first-order chi connectivity index (χ1) is 27.4. The molecular formula is C42H84NO14P. The number of rotatable bonds is 40. The van der Waals surface area contributed by atoms with Crippen LogP contribution in [0.2, 0.25) is 0 Å². The number of carbonyl (C=O) groups excluding carboxylic acids is 2. The van der Waals surface area contributed by atoms with Crippen LogP contribution in [0.15, 0.2) is 0 Å². The van der Waals surface area contributed by atoms with Crippen molar-refractivity contribution < 1.29 is 72.7 Å². The molecule has 0 aromatic rings. The lowest BCUT2D eigenvalue weighted by molar-refractivity contribution is -0.870. The highest BCUT2D eigenvalue weighted by atomic mass is 31.2. The van der Waals surface area contributed by atoms with Crippen LogP contribution in [0.4, 0.5) is 0 Å². The molecule has 8 atom stereocenters. The molecule has 6 N–H and O–H groups in total. The van der Waals surface area contributed by atoms with E-state index in [0.29, 0.717) is 43.1 Å². The standard InChI is InChI=1S/C42H84NO14P/c1-6-8-9-10-11-12-13-14-15-16-17-20-23-26-41(50)54-32-34(33-56-58(52,53)55-29-28-43(3,4)5)57-42(51)27-24-21-18-19-22-25-36(45)38(47)31-40(49)39(48)30-37(46)35(44)7-2/h34-40,44-49H,6-33H2,1-5H3/t34-,35?,36?,37?,38?,39?,40?/m1/s1. The number of phosphoric ester groups is 1. The number of phosphoric acid groups is 1. The monoisotopic (exact) mass is 858 g/mol. The van der Waals surface area contributed by atoms with Crippen molar-refractivity contribution in [2.75, 3.05) is 47.5 Å². The molecule has 16 heteroatoms. The van der Waals surface area contributed by atoms with Gasteiger partial charge < -0.3 is 58.5 Å². The van der Waals surface area contributed by atoms with Crippen molar-refractivity contribution in [1.82, 2.24) is 0 Å². The molecule has 0 radical (unpaired) electrons. The van der Waals surface area contributed by atoms with Gasteiger partial charge in [-0.1, -0.05) is 117 Å². The van der Waals surface area contributed by atoms with Gasteiger partial charge in [-0.05, 0) is 25.7 Å². The molecule has 0 saturated heterocycles. The average molecular weight is 858 g/mol. The van der Waals surface area contributed by atoms with Gasteiger partial charge in [-0.3, -0.25) is 14.2 Å². The number of nitrogens with zero attached hydrogens (tertiary/aromatic N) is 1. The van der Waals surface area contributed by atoms with Crippen LogP contribution in [0.5, 0.6) is 0 Å². The minimum absolute atomic E-state index is 0.0456. The third kappa shape index (κ3) is 33.5. The zero-order valence-electron chi connectivity index (χ0n) is 36.7. The van der Waals surface area contributed by atoms with Crippen molar-refractivity contribution in [2.45, 2.75) is 211 Å². The number of esters is 2. The minimum atomic E-state index is -4.71. The maximum absolute atomic E-state index is 12.7. The van der Waals surface area contributed by atoms with E-state index in [9.17, 15) is 49.7 Å². The number of hydrogen-bond acceptors (Lipinski definition) is 14. The van der Waals surface area contributed by atoms with Gasteiger partial charge in [0, 0.05) is 25.7 Å². The molecule has 0 heterocycles. The molecule has 0 aromatic carbocycles. The molecule has 0 amide bonds. The molecule has 0 saturated carbocycles. The van der Waals surface area contributed by atoms with Crippen molar-refractivity contribution in [1.29, 1.82) is 0 Å². The summed E-state index contributed by atoms with van der Waals surface area (Å²) in [6.07, 6.45) is 10.2. The molecule has 0 fully saturated rings. The lowest BCUT2D eigenvalue weighted by atomic mass is 9.95. The van der Waals surface area contributed by atoms with Gasteiger partial charge >= 0.3 is 11.9 Å². The fraction of sp³-hybridized carbons (Fsp3) is 0.952. The summed E-state index contributed by atoms with van der Waals surface area (Å²) >= 11 is 0. The number of aliphatic hydroxyl groups excluding tert-OH is 6. The predicted molar refractivity (Wildman–Crippen MR) is 221 cm³/mol. The Labute approximate surface area is 350 Å². The van der Waals surface area contributed by atoms with Crippen LogP contribution < -0.4 is 4.89 Å². The zero-order valence-corrected chi connectivity index (χ0v) is 37.6. The smallest absolute Gasteiger partial charge is 0.306 e. The van der Waals surface area contributed by atoms with Crippen molar-refractivity contribution in [3.63, 3.8) is 0 Å². The second kappa shape index (κ2) is 34.4. The molecule has 346 valence electrons. The highest BCUT2D eigenvalue weighted by Crippen LogP contribution is 2.38. The van der Waals surface area contributed by atoms with Crippen molar-refractivity contribution in [3.05, 3.63) is 0 Å². The zero-order chi connectivity index (χ0) is 43.8. The van der Waals surface area contributed by atoms with Crippen LogP contribution in [0.3, 0.4) is 0 Å². The van der Waals surface area contributed by atoms with Gasteiger partial charge in [0.25, 0.3) is 7.82 Å². The van der Waals surface area contributed by atoms with E-state index >= 15 is 0 Å². The van der Waals surface area contributed by atoms with E-state index in [-0.39, 0.29) is 51.7 Å². The quantitative estimate of drug-likeness (QED) is 0.0201. The summed E-state index contributed by atoms with van der Waals surface area (Å²) in [7, 11) is 0.959. The van der Waals surface area contributed by atoms with Crippen LogP contribution in [-0.2, 0) is 32.7 Å². The maximum atomic E-state index is 12.7. The second-order valence-electron chi connectivity index (χ2n) is 17.0. The fourth-order valence-corrected chi connectivity index (χ4v) is 7.01. The van der Waals surface area contributed by atoms with Gasteiger partial charge in [0.05, 0.1) is 64.4 Å². The first-order valence-corrected chi connectivity index (χ1v) is 23.7. The summed E-state index contributed by atoms with van der Waals surface area (Å²) < 4.78 is 33.6. The van der Waals surface area contributed by atoms with Crippen LogP contribution >= 0.6 is 7.82 Å². The van der Waals surface area contributed by atoms with Crippen LogP contribution in [0.1, 0.15) is 168 Å². The summed E-state index contributed by atoms with van der Waals surface area (Å²) in [4.78, 5) is 37.5. The third-order valence-corrected chi connectivity index (χ3v) is 11.2. The molecular weight excluding hydrogens is 773 g/mol. The van der Waals surface area contributed by atoms with E-state index in [4.69, 9.17) is 18.5 Å². The summed E-state index contributed by atoms with van der Waals surface area (Å²) in [5.41, 5.74) is 0. The van der Waals surface area contributed by atoms with Crippen LogP contribution in [-0.4, -0.2) is 137 Å². The van der Waals surface area contributed by atoms with Crippen molar-refractivity contribution in [3.8, 4) is 0 Å². The lowest BCUT2D eigenvalue weighted by Gasteiger charge is -2.28. The molecule has 0 rings (SSSR count). The largest absolute Gasteiger partial charge is 0.756 e. The molecule has 0 aliphatic rings. The van der Waals surface area contributed by atoms with Gasteiger partial charge in [-0.2, -0.15) is 0 Å². The van der Waals surface area contributed by atoms with E-state index in [1.54, 1.807) is 6.92 Å². The SMILES string of the molecule is CCCCCCCCCCCCCCCC(=O)OC[C@H](COP(=O)([O-])OCC[N+](C)(C)C)OC(=O)CCCCCCCC(O)C(O)CC(O)C(O)CC(O)C(O)CC. The molecule has 58 heavy (non-hydrogen) atoms. The topological polar surface area (TPSA) is 233 Å². The summed E-state index contributed by atoms with van der Waals surface area (Å²) in [6.45, 7) is 3.32. The number of ether oxygens (including phenoxy) is 2. The van der Waals surface area contributed by atoms with Gasteiger partial charge in [0.2, 0.25) is 0 Å². The lowest BCUT2D eigenvalue weighted by Crippen LogP contribution is -2.39. The number of likely N-dealkylation sites (N-methyl/N-ethyl adjacent to an activating group) is 1. The minimum Gasteiger partial charge on any atom is -0.756 e. The van der Waals surface area contributed by atoms with Gasteiger partial charge in [0.1, 0.15) is 19.8 Å². The fourth-order valence-electron chi connectivity index (χ4n) is 6.29. The predicted octanol–water partition coefficient (Wildman–Crippen LogP) is 5.22. The Balaban J connectivity index is 4.59. The first kappa shape index (κ1) is 56.8. The number of hydrogen-bond donors (Lipinski definition) is 6. The molecule has 0 aliphatic heterocycles. The molecule has 0 aliphatic carbocycles. The highest BCUT2D eigenvalue weighted by molar-refractivity contribution is 7.45. The number of carbonyl (C=O) groups is 2. The highest BCUT2D eigenvalue weighted by Gasteiger charge is 2.28. The molecule has 15 nitrogen and oxygen atoms in total.